The minimum Gasteiger partial charge on any atom is -0.496 e. The normalized spacial score (nSPS) is 10.6. The minimum atomic E-state index is -0.358. The third-order valence-corrected chi connectivity index (χ3v) is 4.82. The standard InChI is InChI=1S/C23H19ClO4/c1-27-21-8-6-15(13-25)10-19(21)23(17-4-3-5-18(24)12-17)20-11-16(14-26)7-9-22(20)28-2/h3-14,23H,1-2H3. The average molecular weight is 395 g/mol. The van der Waals surface area contributed by atoms with Crippen LogP contribution in [-0.4, -0.2) is 26.8 Å². The highest BCUT2D eigenvalue weighted by atomic mass is 35.5. The molecule has 3 rings (SSSR count). The lowest BCUT2D eigenvalue weighted by Crippen LogP contribution is -2.08. The summed E-state index contributed by atoms with van der Waals surface area (Å²) in [5.74, 6) is 0.881. The lowest BCUT2D eigenvalue weighted by molar-refractivity contribution is 0.111. The summed E-state index contributed by atoms with van der Waals surface area (Å²) in [5.41, 5.74) is 3.48. The van der Waals surface area contributed by atoms with E-state index in [0.29, 0.717) is 27.6 Å². The molecule has 0 aliphatic heterocycles. The Labute approximate surface area is 168 Å². The Morgan fingerprint density at radius 1 is 0.786 bits per heavy atom. The molecule has 3 aromatic rings. The lowest BCUT2D eigenvalue weighted by atomic mass is 9.83. The van der Waals surface area contributed by atoms with E-state index in [4.69, 9.17) is 21.1 Å². The summed E-state index contributed by atoms with van der Waals surface area (Å²) in [6.07, 6.45) is 1.58. The van der Waals surface area contributed by atoms with Gasteiger partial charge in [-0.15, -0.1) is 0 Å². The molecule has 4 nitrogen and oxygen atoms in total. The van der Waals surface area contributed by atoms with Crippen LogP contribution in [-0.2, 0) is 0 Å². The molecule has 0 aromatic heterocycles. The van der Waals surface area contributed by atoms with Crippen LogP contribution in [0.5, 0.6) is 11.5 Å². The number of halogens is 1. The van der Waals surface area contributed by atoms with Crippen LogP contribution in [0, 0.1) is 0 Å². The van der Waals surface area contributed by atoms with Gasteiger partial charge in [0.05, 0.1) is 14.2 Å². The van der Waals surface area contributed by atoms with E-state index >= 15 is 0 Å². The van der Waals surface area contributed by atoms with Gasteiger partial charge in [0.15, 0.2) is 0 Å². The number of benzene rings is 3. The Hall–Kier alpha value is -3.11. The zero-order valence-corrected chi connectivity index (χ0v) is 16.3. The zero-order chi connectivity index (χ0) is 20.1. The third kappa shape index (κ3) is 3.92. The maximum absolute atomic E-state index is 11.4. The van der Waals surface area contributed by atoms with E-state index in [1.165, 1.54) is 0 Å². The van der Waals surface area contributed by atoms with Crippen LogP contribution in [0.15, 0.2) is 60.7 Å². The first-order valence-electron chi connectivity index (χ1n) is 8.63. The number of ether oxygens (including phenoxy) is 2. The molecule has 0 atom stereocenters. The maximum Gasteiger partial charge on any atom is 0.150 e. The third-order valence-electron chi connectivity index (χ3n) is 4.58. The quantitative estimate of drug-likeness (QED) is 0.410. The van der Waals surface area contributed by atoms with Gasteiger partial charge in [-0.25, -0.2) is 0 Å². The largest absolute Gasteiger partial charge is 0.496 e. The molecule has 0 aliphatic rings. The number of carbonyl (C=O) groups is 2. The molecule has 142 valence electrons. The van der Waals surface area contributed by atoms with Crippen molar-refractivity contribution in [2.45, 2.75) is 5.92 Å². The van der Waals surface area contributed by atoms with Gasteiger partial charge >= 0.3 is 0 Å². The molecule has 0 amide bonds. The molecule has 0 fully saturated rings. The van der Waals surface area contributed by atoms with Crippen LogP contribution < -0.4 is 9.47 Å². The minimum absolute atomic E-state index is 0.358. The molecule has 0 aliphatic carbocycles. The number of rotatable bonds is 7. The first kappa shape index (κ1) is 19.6. The summed E-state index contributed by atoms with van der Waals surface area (Å²) in [6, 6.07) is 17.9. The van der Waals surface area contributed by atoms with E-state index in [1.54, 1.807) is 56.7 Å². The van der Waals surface area contributed by atoms with Crippen molar-refractivity contribution in [2.75, 3.05) is 14.2 Å². The van der Waals surface area contributed by atoms with E-state index < -0.39 is 0 Å². The SMILES string of the molecule is COc1ccc(C=O)cc1C(c1cccc(Cl)c1)c1cc(C=O)ccc1OC. The van der Waals surface area contributed by atoms with Gasteiger partial charge in [-0.05, 0) is 54.1 Å². The summed E-state index contributed by atoms with van der Waals surface area (Å²) in [4.78, 5) is 22.8. The fourth-order valence-electron chi connectivity index (χ4n) is 3.32. The van der Waals surface area contributed by atoms with Gasteiger partial charge in [-0.2, -0.15) is 0 Å². The highest BCUT2D eigenvalue weighted by Crippen LogP contribution is 2.42. The topological polar surface area (TPSA) is 52.6 Å². The molecule has 0 heterocycles. The van der Waals surface area contributed by atoms with Crippen molar-refractivity contribution >= 4 is 24.2 Å². The molecular weight excluding hydrogens is 376 g/mol. The van der Waals surface area contributed by atoms with Crippen molar-refractivity contribution in [3.05, 3.63) is 93.5 Å². The fourth-order valence-corrected chi connectivity index (χ4v) is 3.51. The Bertz CT molecular complexity index is 954. The second-order valence-corrected chi connectivity index (χ2v) is 6.66. The monoisotopic (exact) mass is 394 g/mol. The van der Waals surface area contributed by atoms with Gasteiger partial charge in [-0.1, -0.05) is 23.7 Å². The Kier molecular flexibility index (Phi) is 6.12. The van der Waals surface area contributed by atoms with Crippen molar-refractivity contribution < 1.29 is 19.1 Å². The smallest absolute Gasteiger partial charge is 0.150 e. The van der Waals surface area contributed by atoms with E-state index in [0.717, 1.165) is 29.3 Å². The van der Waals surface area contributed by atoms with Crippen molar-refractivity contribution in [3.8, 4) is 11.5 Å². The molecule has 3 aromatic carbocycles. The number of aldehydes is 2. The molecule has 28 heavy (non-hydrogen) atoms. The second-order valence-electron chi connectivity index (χ2n) is 6.23. The van der Waals surface area contributed by atoms with Crippen LogP contribution in [0.25, 0.3) is 0 Å². The van der Waals surface area contributed by atoms with Gasteiger partial charge < -0.3 is 9.47 Å². The number of carbonyl (C=O) groups excluding carboxylic acids is 2. The molecule has 0 saturated heterocycles. The average Bonchev–Trinajstić information content (AvgIpc) is 2.73. The molecule has 0 radical (unpaired) electrons. The summed E-state index contributed by atoms with van der Waals surface area (Å²) in [7, 11) is 3.15. The van der Waals surface area contributed by atoms with Crippen molar-refractivity contribution in [1.82, 2.24) is 0 Å². The van der Waals surface area contributed by atoms with E-state index in [1.807, 2.05) is 18.2 Å². The number of hydrogen-bond acceptors (Lipinski definition) is 4. The van der Waals surface area contributed by atoms with Crippen LogP contribution in [0.4, 0.5) is 0 Å². The second kappa shape index (κ2) is 8.72. The van der Waals surface area contributed by atoms with Crippen LogP contribution >= 0.6 is 11.6 Å². The number of methoxy groups -OCH3 is 2. The maximum atomic E-state index is 11.4. The fraction of sp³-hybridized carbons (Fsp3) is 0.130. The van der Waals surface area contributed by atoms with Gasteiger partial charge in [-0.3, -0.25) is 9.59 Å². The Morgan fingerprint density at radius 3 is 1.75 bits per heavy atom. The molecule has 0 N–H and O–H groups in total. The Morgan fingerprint density at radius 2 is 1.32 bits per heavy atom. The van der Waals surface area contributed by atoms with Gasteiger partial charge in [0.25, 0.3) is 0 Å². The van der Waals surface area contributed by atoms with Gasteiger partial charge in [0, 0.05) is 33.2 Å². The Balaban J connectivity index is 2.35. The van der Waals surface area contributed by atoms with Crippen LogP contribution in [0.3, 0.4) is 0 Å². The summed E-state index contributed by atoms with van der Waals surface area (Å²) in [6.45, 7) is 0. The summed E-state index contributed by atoms with van der Waals surface area (Å²) >= 11 is 6.25. The number of hydrogen-bond donors (Lipinski definition) is 0. The van der Waals surface area contributed by atoms with E-state index in [-0.39, 0.29) is 5.92 Å². The predicted octanol–water partition coefficient (Wildman–Crippen LogP) is 5.16. The van der Waals surface area contributed by atoms with Crippen LogP contribution in [0.1, 0.15) is 43.3 Å². The first-order valence-corrected chi connectivity index (χ1v) is 9.00. The van der Waals surface area contributed by atoms with Crippen LogP contribution in [0.2, 0.25) is 5.02 Å². The molecule has 0 spiro atoms. The van der Waals surface area contributed by atoms with Crippen molar-refractivity contribution in [1.29, 1.82) is 0 Å². The molecule has 5 heteroatoms. The van der Waals surface area contributed by atoms with Crippen molar-refractivity contribution in [3.63, 3.8) is 0 Å². The first-order chi connectivity index (χ1) is 13.6. The van der Waals surface area contributed by atoms with Crippen molar-refractivity contribution in [2.24, 2.45) is 0 Å². The zero-order valence-electron chi connectivity index (χ0n) is 15.5. The van der Waals surface area contributed by atoms with Gasteiger partial charge in [0.1, 0.15) is 24.1 Å². The summed E-state index contributed by atoms with van der Waals surface area (Å²) in [5, 5.41) is 0.582. The summed E-state index contributed by atoms with van der Waals surface area (Å²) < 4.78 is 11.1. The molecule has 0 bridgehead atoms. The lowest BCUT2D eigenvalue weighted by Gasteiger charge is -2.24. The highest BCUT2D eigenvalue weighted by molar-refractivity contribution is 6.30. The van der Waals surface area contributed by atoms with E-state index in [2.05, 4.69) is 0 Å². The molecule has 0 unspecified atom stereocenters. The van der Waals surface area contributed by atoms with Gasteiger partial charge in [0.2, 0.25) is 0 Å². The highest BCUT2D eigenvalue weighted by Gasteiger charge is 2.25. The molecule has 0 saturated carbocycles. The predicted molar refractivity (Wildman–Crippen MR) is 109 cm³/mol. The molecular formula is C23H19ClO4. The van der Waals surface area contributed by atoms with E-state index in [9.17, 15) is 9.59 Å².